The predicted octanol–water partition coefficient (Wildman–Crippen LogP) is 5.29. The minimum Gasteiger partial charge on any atom is -0.399 e. The number of hydrogen-bond donors (Lipinski definition) is 2. The zero-order valence-corrected chi connectivity index (χ0v) is 15.5. The molecule has 134 valence electrons. The Hall–Kier alpha value is -1.80. The first-order chi connectivity index (χ1) is 12.1. The van der Waals surface area contributed by atoms with Crippen molar-refractivity contribution in [2.24, 2.45) is 5.41 Å². The molecule has 0 aromatic heterocycles. The maximum Gasteiger partial charge on any atom is 0.0705 e. The third-order valence-corrected chi connectivity index (χ3v) is 6.23. The molecular formula is C23H31NO. The molecule has 0 radical (unpaired) electrons. The summed E-state index contributed by atoms with van der Waals surface area (Å²) >= 11 is 0. The molecule has 2 nitrogen and oxygen atoms in total. The molecule has 1 aliphatic rings. The van der Waals surface area contributed by atoms with E-state index in [-0.39, 0.29) is 17.4 Å². The van der Waals surface area contributed by atoms with Gasteiger partial charge in [0, 0.05) is 11.6 Å². The first-order valence-corrected chi connectivity index (χ1v) is 9.72. The van der Waals surface area contributed by atoms with Crippen molar-refractivity contribution in [1.29, 1.82) is 0 Å². The third-order valence-electron chi connectivity index (χ3n) is 6.23. The number of anilines is 1. The lowest BCUT2D eigenvalue weighted by Gasteiger charge is -2.40. The fourth-order valence-electron chi connectivity index (χ4n) is 4.57. The van der Waals surface area contributed by atoms with E-state index in [0.29, 0.717) is 0 Å². The number of aliphatic hydroxyl groups is 1. The number of nitrogen functional groups attached to an aromatic ring is 1. The van der Waals surface area contributed by atoms with Gasteiger partial charge in [-0.3, -0.25) is 0 Å². The summed E-state index contributed by atoms with van der Waals surface area (Å²) in [5.74, 6) is -0.000920. The zero-order valence-electron chi connectivity index (χ0n) is 15.5. The molecule has 0 unspecified atom stereocenters. The number of nitrogens with two attached hydrogens (primary N) is 1. The van der Waals surface area contributed by atoms with Crippen molar-refractivity contribution in [3.05, 3.63) is 65.2 Å². The van der Waals surface area contributed by atoms with Crippen molar-refractivity contribution < 1.29 is 5.11 Å². The van der Waals surface area contributed by atoms with Crippen LogP contribution in [0.3, 0.4) is 0 Å². The molecule has 0 heterocycles. The molecule has 1 aliphatic carbocycles. The highest BCUT2D eigenvalue weighted by Gasteiger charge is 2.43. The Kier molecular flexibility index (Phi) is 5.48. The summed E-state index contributed by atoms with van der Waals surface area (Å²) < 4.78 is 0. The summed E-state index contributed by atoms with van der Waals surface area (Å²) in [5.41, 5.74) is 10.6. The Bertz CT molecular complexity index is 696. The average molecular weight is 338 g/mol. The van der Waals surface area contributed by atoms with Crippen molar-refractivity contribution in [2.75, 3.05) is 5.73 Å². The molecule has 25 heavy (non-hydrogen) atoms. The monoisotopic (exact) mass is 337 g/mol. The molecule has 0 amide bonds. The number of fused-ring (bicyclic) bond motifs is 1. The molecule has 3 rings (SSSR count). The maximum absolute atomic E-state index is 11.6. The molecule has 3 N–H and O–H groups in total. The van der Waals surface area contributed by atoms with Crippen LogP contribution in [0.25, 0.3) is 0 Å². The lowest BCUT2D eigenvalue weighted by molar-refractivity contribution is -0.00155. The minimum atomic E-state index is -0.380. The quantitative estimate of drug-likeness (QED) is 0.575. The first kappa shape index (κ1) is 18.0. The summed E-state index contributed by atoms with van der Waals surface area (Å²) in [6.07, 6.45) is 6.14. The summed E-state index contributed by atoms with van der Waals surface area (Å²) in [5, 5.41) is 11.6. The third kappa shape index (κ3) is 3.46. The topological polar surface area (TPSA) is 46.2 Å². The Morgan fingerprint density at radius 1 is 1.12 bits per heavy atom. The van der Waals surface area contributed by atoms with E-state index >= 15 is 0 Å². The highest BCUT2D eigenvalue weighted by Crippen LogP contribution is 2.49. The lowest BCUT2D eigenvalue weighted by Crippen LogP contribution is -2.38. The molecule has 2 heteroatoms. The van der Waals surface area contributed by atoms with E-state index < -0.39 is 0 Å². The van der Waals surface area contributed by atoms with Gasteiger partial charge in [0.2, 0.25) is 0 Å². The van der Waals surface area contributed by atoms with E-state index in [1.165, 1.54) is 29.5 Å². The number of aryl methyl sites for hydroxylation is 1. The SMILES string of the molecule is CCCC[C@]1(CC)CCc2ccc(N)cc2[C@H](c2ccccc2)[C@@H]1O. The van der Waals surface area contributed by atoms with Crippen LogP contribution in [-0.4, -0.2) is 11.2 Å². The van der Waals surface area contributed by atoms with E-state index in [1.807, 2.05) is 12.1 Å². The van der Waals surface area contributed by atoms with Crippen LogP contribution in [-0.2, 0) is 6.42 Å². The highest BCUT2D eigenvalue weighted by atomic mass is 16.3. The van der Waals surface area contributed by atoms with E-state index in [0.717, 1.165) is 31.4 Å². The lowest BCUT2D eigenvalue weighted by atomic mass is 9.67. The van der Waals surface area contributed by atoms with Gasteiger partial charge in [0.05, 0.1) is 6.10 Å². The van der Waals surface area contributed by atoms with Crippen LogP contribution in [0.2, 0.25) is 0 Å². The molecule has 3 atom stereocenters. The predicted molar refractivity (Wildman–Crippen MR) is 106 cm³/mol. The minimum absolute atomic E-state index is 0.000920. The van der Waals surface area contributed by atoms with Gasteiger partial charge in [-0.2, -0.15) is 0 Å². The van der Waals surface area contributed by atoms with E-state index in [4.69, 9.17) is 5.73 Å². The molecule has 0 bridgehead atoms. The number of rotatable bonds is 5. The number of hydrogen-bond acceptors (Lipinski definition) is 2. The average Bonchev–Trinajstić information content (AvgIpc) is 2.75. The second kappa shape index (κ2) is 7.61. The van der Waals surface area contributed by atoms with E-state index in [1.54, 1.807) is 0 Å². The van der Waals surface area contributed by atoms with Crippen molar-refractivity contribution in [1.82, 2.24) is 0 Å². The molecule has 0 aliphatic heterocycles. The van der Waals surface area contributed by atoms with E-state index in [9.17, 15) is 5.11 Å². The molecular weight excluding hydrogens is 306 g/mol. The van der Waals surface area contributed by atoms with Gasteiger partial charge >= 0.3 is 0 Å². The second-order valence-electron chi connectivity index (χ2n) is 7.61. The summed E-state index contributed by atoms with van der Waals surface area (Å²) in [7, 11) is 0. The van der Waals surface area contributed by atoms with Gasteiger partial charge in [-0.05, 0) is 59.9 Å². The van der Waals surface area contributed by atoms with Crippen LogP contribution in [0.5, 0.6) is 0 Å². The fourth-order valence-corrected chi connectivity index (χ4v) is 4.57. The van der Waals surface area contributed by atoms with Gasteiger partial charge in [0.25, 0.3) is 0 Å². The van der Waals surface area contributed by atoms with Gasteiger partial charge in [0.15, 0.2) is 0 Å². The molecule has 0 spiro atoms. The number of benzene rings is 2. The molecule has 0 saturated carbocycles. The Morgan fingerprint density at radius 2 is 1.88 bits per heavy atom. The van der Waals surface area contributed by atoms with Crippen molar-refractivity contribution in [3.8, 4) is 0 Å². The smallest absolute Gasteiger partial charge is 0.0705 e. The van der Waals surface area contributed by atoms with Crippen molar-refractivity contribution in [3.63, 3.8) is 0 Å². The Labute approximate surface area is 152 Å². The number of aliphatic hydroxyl groups excluding tert-OH is 1. The van der Waals surface area contributed by atoms with Gasteiger partial charge in [-0.15, -0.1) is 0 Å². The summed E-state index contributed by atoms with van der Waals surface area (Å²) in [6.45, 7) is 4.47. The van der Waals surface area contributed by atoms with Crippen molar-refractivity contribution in [2.45, 2.75) is 64.4 Å². The molecule has 0 saturated heterocycles. The second-order valence-corrected chi connectivity index (χ2v) is 7.61. The number of unbranched alkanes of at least 4 members (excludes halogenated alkanes) is 1. The highest BCUT2D eigenvalue weighted by molar-refractivity contribution is 5.50. The Balaban J connectivity index is 2.13. The summed E-state index contributed by atoms with van der Waals surface area (Å²) in [6, 6.07) is 16.7. The van der Waals surface area contributed by atoms with Crippen LogP contribution in [0, 0.1) is 5.41 Å². The first-order valence-electron chi connectivity index (χ1n) is 9.72. The van der Waals surface area contributed by atoms with Gasteiger partial charge in [0.1, 0.15) is 0 Å². The van der Waals surface area contributed by atoms with Crippen LogP contribution in [0.4, 0.5) is 5.69 Å². The van der Waals surface area contributed by atoms with Gasteiger partial charge in [-0.25, -0.2) is 0 Å². The molecule has 2 aromatic rings. The van der Waals surface area contributed by atoms with Gasteiger partial charge in [-0.1, -0.05) is 63.1 Å². The Morgan fingerprint density at radius 3 is 2.56 bits per heavy atom. The zero-order chi connectivity index (χ0) is 17.9. The van der Waals surface area contributed by atoms with E-state index in [2.05, 4.69) is 50.2 Å². The van der Waals surface area contributed by atoms with Crippen LogP contribution in [0.15, 0.2) is 48.5 Å². The molecule has 0 fully saturated rings. The van der Waals surface area contributed by atoms with Crippen LogP contribution < -0.4 is 5.73 Å². The normalized spacial score (nSPS) is 26.0. The van der Waals surface area contributed by atoms with Crippen molar-refractivity contribution >= 4 is 5.69 Å². The molecule has 2 aromatic carbocycles. The maximum atomic E-state index is 11.6. The van der Waals surface area contributed by atoms with Gasteiger partial charge < -0.3 is 10.8 Å². The summed E-state index contributed by atoms with van der Waals surface area (Å²) in [4.78, 5) is 0. The largest absolute Gasteiger partial charge is 0.399 e. The fraction of sp³-hybridized carbons (Fsp3) is 0.478. The van der Waals surface area contributed by atoms with Crippen LogP contribution >= 0.6 is 0 Å². The standard InChI is InChI=1S/C23H31NO/c1-3-5-14-23(4-2)15-13-17-11-12-19(24)16-20(17)21(22(23)25)18-9-7-6-8-10-18/h6-12,16,21-22,25H,3-5,13-15,24H2,1-2H3/t21-,22-,23+/m0/s1. The van der Waals surface area contributed by atoms with Crippen LogP contribution in [0.1, 0.15) is 68.6 Å².